The van der Waals surface area contributed by atoms with E-state index >= 15 is 0 Å². The second-order valence-electron chi connectivity index (χ2n) is 6.92. The summed E-state index contributed by atoms with van der Waals surface area (Å²) in [5, 5.41) is 21.7. The van der Waals surface area contributed by atoms with Gasteiger partial charge in [0.2, 0.25) is 0 Å². The van der Waals surface area contributed by atoms with Crippen molar-refractivity contribution in [3.63, 3.8) is 0 Å². The fraction of sp³-hybridized carbons (Fsp3) is 0.294. The molecule has 4 rings (SSSR count). The number of carbonyl (C=O) groups excluding carboxylic acids is 1. The Labute approximate surface area is 170 Å². The molecule has 1 N–H and O–H groups in total. The van der Waals surface area contributed by atoms with Crippen molar-refractivity contribution in [2.75, 3.05) is 16.8 Å². The first-order valence-electron chi connectivity index (χ1n) is 8.60. The zero-order valence-electron chi connectivity index (χ0n) is 15.5. The van der Waals surface area contributed by atoms with Gasteiger partial charge in [-0.25, -0.2) is 23.1 Å². The van der Waals surface area contributed by atoms with Gasteiger partial charge < -0.3 is 5.32 Å². The minimum Gasteiger partial charge on any atom is -0.306 e. The van der Waals surface area contributed by atoms with Gasteiger partial charge in [-0.2, -0.15) is 28.6 Å². The van der Waals surface area contributed by atoms with Crippen LogP contribution in [0.2, 0.25) is 0 Å². The van der Waals surface area contributed by atoms with Gasteiger partial charge in [-0.15, -0.1) is 5.10 Å². The van der Waals surface area contributed by atoms with Crippen LogP contribution in [0.1, 0.15) is 30.4 Å². The van der Waals surface area contributed by atoms with Gasteiger partial charge in [-0.3, -0.25) is 4.90 Å². The average molecular weight is 438 g/mol. The molecule has 14 heteroatoms. The summed E-state index contributed by atoms with van der Waals surface area (Å²) >= 11 is 0. The molecule has 4 heterocycles. The third-order valence-corrected chi connectivity index (χ3v) is 4.89. The van der Waals surface area contributed by atoms with Crippen LogP contribution in [0.3, 0.4) is 0 Å². The van der Waals surface area contributed by atoms with Crippen LogP contribution in [0.25, 0.3) is 5.65 Å². The van der Waals surface area contributed by atoms with E-state index in [4.69, 9.17) is 5.26 Å². The number of rotatable bonds is 2. The molecule has 3 aromatic rings. The maximum absolute atomic E-state index is 14.1. The SMILES string of the molecule is CC1(C(F)(F)F)CN(C(=O)Nc2cnnc(C(F)F)c2)c2cnc3cc(C#N)nn3c21. The Hall–Kier alpha value is -3.89. The van der Waals surface area contributed by atoms with Crippen molar-refractivity contribution in [3.8, 4) is 6.07 Å². The molecule has 1 aliphatic heterocycles. The fourth-order valence-electron chi connectivity index (χ4n) is 3.32. The lowest BCUT2D eigenvalue weighted by Gasteiger charge is -2.28. The van der Waals surface area contributed by atoms with Crippen molar-refractivity contribution in [1.82, 2.24) is 24.8 Å². The Balaban J connectivity index is 1.79. The normalized spacial score (nSPS) is 18.3. The van der Waals surface area contributed by atoms with Crippen molar-refractivity contribution in [3.05, 3.63) is 41.6 Å². The van der Waals surface area contributed by atoms with Gasteiger partial charge in [0, 0.05) is 12.6 Å². The predicted molar refractivity (Wildman–Crippen MR) is 94.5 cm³/mol. The molecule has 0 bridgehead atoms. The molecule has 0 aromatic carbocycles. The van der Waals surface area contributed by atoms with Crippen LogP contribution < -0.4 is 10.2 Å². The van der Waals surface area contributed by atoms with Crippen molar-refractivity contribution in [2.45, 2.75) is 24.9 Å². The van der Waals surface area contributed by atoms with Gasteiger partial charge in [-0.1, -0.05) is 0 Å². The number of nitriles is 1. The molecule has 0 aliphatic carbocycles. The average Bonchev–Trinajstić information content (AvgIpc) is 3.27. The van der Waals surface area contributed by atoms with Crippen LogP contribution in [-0.4, -0.2) is 43.5 Å². The summed E-state index contributed by atoms with van der Waals surface area (Å²) in [6.07, 6.45) is -5.68. The zero-order valence-corrected chi connectivity index (χ0v) is 15.5. The first kappa shape index (κ1) is 20.4. The summed E-state index contributed by atoms with van der Waals surface area (Å²) in [5.74, 6) is 0. The molecule has 1 atom stereocenters. The Morgan fingerprint density at radius 1 is 1.32 bits per heavy atom. The molecule has 0 fully saturated rings. The maximum Gasteiger partial charge on any atom is 0.401 e. The Morgan fingerprint density at radius 2 is 2.06 bits per heavy atom. The number of amides is 2. The third kappa shape index (κ3) is 3.18. The molecule has 0 radical (unpaired) electrons. The summed E-state index contributed by atoms with van der Waals surface area (Å²) < 4.78 is 68.7. The van der Waals surface area contributed by atoms with Gasteiger partial charge >= 0.3 is 12.2 Å². The highest BCUT2D eigenvalue weighted by Gasteiger charge is 2.60. The van der Waals surface area contributed by atoms with E-state index in [1.807, 2.05) is 0 Å². The molecule has 1 aliphatic rings. The summed E-state index contributed by atoms with van der Waals surface area (Å²) in [6.45, 7) is 0.0790. The number of carbonyl (C=O) groups is 1. The van der Waals surface area contributed by atoms with E-state index in [0.717, 1.165) is 34.8 Å². The van der Waals surface area contributed by atoms with Crippen molar-refractivity contribution in [2.24, 2.45) is 0 Å². The van der Waals surface area contributed by atoms with Crippen LogP contribution in [0.15, 0.2) is 24.5 Å². The quantitative estimate of drug-likeness (QED) is 0.615. The highest BCUT2D eigenvalue weighted by atomic mass is 19.4. The molecule has 31 heavy (non-hydrogen) atoms. The standard InChI is InChI=1S/C17H11F5N8O/c1-16(17(20,21)22)7-29(15(31)26-9-2-10(14(18)19)27-25-5-9)11-6-24-12-3-8(4-23)28-30(12)13(11)16/h2-3,5-6,14H,7H2,1H3,(H,26,27,31). The number of hydrogen-bond donors (Lipinski definition) is 1. The number of urea groups is 1. The molecular weight excluding hydrogens is 427 g/mol. The van der Waals surface area contributed by atoms with Gasteiger partial charge in [-0.05, 0) is 13.0 Å². The molecule has 0 spiro atoms. The number of hydrogen-bond acceptors (Lipinski definition) is 6. The van der Waals surface area contributed by atoms with Crippen LogP contribution in [-0.2, 0) is 5.41 Å². The minimum absolute atomic E-state index is 0.00735. The number of nitrogens with zero attached hydrogens (tertiary/aromatic N) is 7. The predicted octanol–water partition coefficient (Wildman–Crippen LogP) is 3.20. The smallest absolute Gasteiger partial charge is 0.306 e. The summed E-state index contributed by atoms with van der Waals surface area (Å²) in [7, 11) is 0. The molecule has 0 saturated heterocycles. The number of fused-ring (bicyclic) bond motifs is 3. The van der Waals surface area contributed by atoms with Crippen molar-refractivity contribution >= 4 is 23.1 Å². The Bertz CT molecular complexity index is 1230. The summed E-state index contributed by atoms with van der Waals surface area (Å²) in [4.78, 5) is 17.5. The molecule has 160 valence electrons. The highest BCUT2D eigenvalue weighted by Crippen LogP contribution is 2.49. The van der Waals surface area contributed by atoms with Crippen molar-refractivity contribution in [1.29, 1.82) is 5.26 Å². The Kier molecular flexibility index (Phi) is 4.49. The molecule has 2 amide bonds. The maximum atomic E-state index is 14.1. The second kappa shape index (κ2) is 6.83. The van der Waals surface area contributed by atoms with Crippen molar-refractivity contribution < 1.29 is 26.7 Å². The highest BCUT2D eigenvalue weighted by molar-refractivity contribution is 6.03. The number of alkyl halides is 5. The number of aromatic nitrogens is 5. The lowest BCUT2D eigenvalue weighted by molar-refractivity contribution is -0.181. The number of halogens is 5. The monoisotopic (exact) mass is 438 g/mol. The van der Waals surface area contributed by atoms with Crippen LogP contribution in [0.5, 0.6) is 0 Å². The van der Waals surface area contributed by atoms with Gasteiger partial charge in [0.15, 0.2) is 11.3 Å². The molecule has 0 saturated carbocycles. The first-order chi connectivity index (χ1) is 14.5. The van der Waals surface area contributed by atoms with E-state index in [1.54, 1.807) is 6.07 Å². The third-order valence-electron chi connectivity index (χ3n) is 4.89. The second-order valence-corrected chi connectivity index (χ2v) is 6.92. The largest absolute Gasteiger partial charge is 0.401 e. The molecular formula is C17H11F5N8O. The molecule has 9 nitrogen and oxygen atoms in total. The first-order valence-corrected chi connectivity index (χ1v) is 8.60. The number of nitrogens with one attached hydrogen (secondary N) is 1. The fourth-order valence-corrected chi connectivity index (χ4v) is 3.32. The van der Waals surface area contributed by atoms with E-state index in [0.29, 0.717) is 0 Å². The summed E-state index contributed by atoms with van der Waals surface area (Å²) in [6, 6.07) is 2.80. The lowest BCUT2D eigenvalue weighted by atomic mass is 9.88. The topological polar surface area (TPSA) is 112 Å². The van der Waals surface area contributed by atoms with Gasteiger partial charge in [0.1, 0.15) is 17.2 Å². The Morgan fingerprint density at radius 3 is 2.71 bits per heavy atom. The molecule has 1 unspecified atom stereocenters. The van der Waals surface area contributed by atoms with Gasteiger partial charge in [0.05, 0.1) is 29.5 Å². The van der Waals surface area contributed by atoms with E-state index < -0.39 is 36.3 Å². The summed E-state index contributed by atoms with van der Waals surface area (Å²) in [5.41, 5.74) is -4.11. The van der Waals surface area contributed by atoms with Crippen LogP contribution in [0.4, 0.5) is 38.1 Å². The van der Waals surface area contributed by atoms with E-state index in [-0.39, 0.29) is 28.4 Å². The molecule has 3 aromatic heterocycles. The zero-order chi connectivity index (χ0) is 22.6. The van der Waals surface area contributed by atoms with Gasteiger partial charge in [0.25, 0.3) is 6.43 Å². The van der Waals surface area contributed by atoms with E-state index in [2.05, 4.69) is 25.6 Å². The van der Waals surface area contributed by atoms with E-state index in [1.165, 1.54) is 6.07 Å². The van der Waals surface area contributed by atoms with E-state index in [9.17, 15) is 26.7 Å². The lowest BCUT2D eigenvalue weighted by Crippen LogP contribution is -2.46. The minimum atomic E-state index is -4.79. The van der Waals surface area contributed by atoms with Crippen LogP contribution >= 0.6 is 0 Å². The van der Waals surface area contributed by atoms with Crippen LogP contribution in [0, 0.1) is 11.3 Å². The number of anilines is 2.